The fourth-order valence-corrected chi connectivity index (χ4v) is 4.10. The summed E-state index contributed by atoms with van der Waals surface area (Å²) in [6.07, 6.45) is 1.43. The highest BCUT2D eigenvalue weighted by atomic mass is 16.5. The van der Waals surface area contributed by atoms with Gasteiger partial charge in [0.25, 0.3) is 0 Å². The Morgan fingerprint density at radius 1 is 1.23 bits per heavy atom. The Morgan fingerprint density at radius 3 is 2.87 bits per heavy atom. The third-order valence-corrected chi connectivity index (χ3v) is 5.80. The maximum Gasteiger partial charge on any atom is 0.224 e. The Hall–Kier alpha value is -2.83. The number of carbonyl (C=O) groups excluding carboxylic acids is 1. The van der Waals surface area contributed by atoms with Crippen molar-refractivity contribution in [1.82, 2.24) is 5.32 Å². The number of nitrogens with one attached hydrogen (secondary N) is 2. The standard InChI is InChI=1S/C25H30N2O4/c1-4-20-21-11-15(2)5-9-23(21)31-25(20)16(3)26-13-18(28)14-30-19-7-8-22-17(12-19)6-10-24(29)27-22/h5,7-9,11-12,16,18,26,28H,4,6,10,13-14H2,1-3H3,(H,27,29). The first-order valence-corrected chi connectivity index (χ1v) is 10.9. The van der Waals surface area contributed by atoms with Crippen LogP contribution in [-0.4, -0.2) is 30.3 Å². The number of rotatable bonds is 8. The molecule has 0 saturated carbocycles. The second-order valence-electron chi connectivity index (χ2n) is 8.26. The average molecular weight is 423 g/mol. The van der Waals surface area contributed by atoms with Crippen LogP contribution in [-0.2, 0) is 17.6 Å². The van der Waals surface area contributed by atoms with Crippen LogP contribution in [0.2, 0.25) is 0 Å². The van der Waals surface area contributed by atoms with E-state index in [1.54, 1.807) is 0 Å². The zero-order valence-electron chi connectivity index (χ0n) is 18.3. The molecule has 2 atom stereocenters. The van der Waals surface area contributed by atoms with Gasteiger partial charge in [0.2, 0.25) is 5.91 Å². The largest absolute Gasteiger partial charge is 0.491 e. The van der Waals surface area contributed by atoms with Gasteiger partial charge in [-0.25, -0.2) is 0 Å². The highest BCUT2D eigenvalue weighted by Gasteiger charge is 2.20. The number of aliphatic hydroxyl groups is 1. The molecule has 0 aliphatic carbocycles. The van der Waals surface area contributed by atoms with Gasteiger partial charge in [-0.15, -0.1) is 0 Å². The van der Waals surface area contributed by atoms with Crippen molar-refractivity contribution in [2.75, 3.05) is 18.5 Å². The molecule has 0 fully saturated rings. The summed E-state index contributed by atoms with van der Waals surface area (Å²) in [5.74, 6) is 1.67. The van der Waals surface area contributed by atoms with Gasteiger partial charge < -0.3 is 24.9 Å². The number of hydrogen-bond donors (Lipinski definition) is 3. The summed E-state index contributed by atoms with van der Waals surface area (Å²) < 4.78 is 11.9. The molecule has 0 radical (unpaired) electrons. The molecular weight excluding hydrogens is 392 g/mol. The predicted octanol–water partition coefficient (Wildman–Crippen LogP) is 4.28. The van der Waals surface area contributed by atoms with Crippen molar-refractivity contribution in [2.45, 2.75) is 52.2 Å². The maximum atomic E-state index is 11.5. The monoisotopic (exact) mass is 422 g/mol. The Morgan fingerprint density at radius 2 is 2.06 bits per heavy atom. The molecule has 6 heteroatoms. The number of ether oxygens (including phenoxy) is 1. The molecule has 1 aliphatic rings. The lowest BCUT2D eigenvalue weighted by molar-refractivity contribution is -0.116. The molecule has 3 N–H and O–H groups in total. The van der Waals surface area contributed by atoms with Crippen LogP contribution in [0.5, 0.6) is 5.75 Å². The minimum absolute atomic E-state index is 0.0235. The third kappa shape index (κ3) is 4.75. The number of hydrogen-bond acceptors (Lipinski definition) is 5. The quantitative estimate of drug-likeness (QED) is 0.505. The molecule has 3 aromatic rings. The van der Waals surface area contributed by atoms with E-state index in [1.807, 2.05) is 24.3 Å². The number of benzene rings is 2. The zero-order valence-corrected chi connectivity index (χ0v) is 18.3. The van der Waals surface area contributed by atoms with E-state index in [-0.39, 0.29) is 18.6 Å². The summed E-state index contributed by atoms with van der Waals surface area (Å²) in [5.41, 5.74) is 5.23. The summed E-state index contributed by atoms with van der Waals surface area (Å²) >= 11 is 0. The van der Waals surface area contributed by atoms with Crippen LogP contribution in [0.4, 0.5) is 5.69 Å². The molecular formula is C25H30N2O4. The second kappa shape index (κ2) is 9.12. The SMILES string of the molecule is CCc1c(C(C)NCC(O)COc2ccc3c(c2)CCC(=O)N3)oc2ccc(C)cc12. The molecule has 1 amide bonds. The van der Waals surface area contributed by atoms with Gasteiger partial charge in [0.15, 0.2) is 0 Å². The van der Waals surface area contributed by atoms with E-state index >= 15 is 0 Å². The molecule has 2 aromatic carbocycles. The lowest BCUT2D eigenvalue weighted by atomic mass is 10.0. The first-order chi connectivity index (χ1) is 14.9. The fraction of sp³-hybridized carbons (Fsp3) is 0.400. The van der Waals surface area contributed by atoms with Crippen molar-refractivity contribution < 1.29 is 19.1 Å². The highest BCUT2D eigenvalue weighted by Crippen LogP contribution is 2.31. The number of furan rings is 1. The minimum atomic E-state index is -0.658. The molecule has 4 rings (SSSR count). The number of anilines is 1. The molecule has 6 nitrogen and oxygen atoms in total. The van der Waals surface area contributed by atoms with E-state index in [1.165, 1.54) is 16.5 Å². The van der Waals surface area contributed by atoms with E-state index < -0.39 is 6.10 Å². The van der Waals surface area contributed by atoms with Gasteiger partial charge in [-0.2, -0.15) is 0 Å². The number of carbonyl (C=O) groups is 1. The van der Waals surface area contributed by atoms with Crippen LogP contribution in [0.1, 0.15) is 48.8 Å². The lowest BCUT2D eigenvalue weighted by Gasteiger charge is -2.19. The second-order valence-corrected chi connectivity index (χ2v) is 8.26. The Balaban J connectivity index is 1.33. The minimum Gasteiger partial charge on any atom is -0.491 e. The van der Waals surface area contributed by atoms with Gasteiger partial charge in [0.05, 0.1) is 6.04 Å². The average Bonchev–Trinajstić information content (AvgIpc) is 3.13. The molecule has 31 heavy (non-hydrogen) atoms. The molecule has 164 valence electrons. The summed E-state index contributed by atoms with van der Waals surface area (Å²) in [6, 6.07) is 11.8. The lowest BCUT2D eigenvalue weighted by Crippen LogP contribution is -2.33. The smallest absolute Gasteiger partial charge is 0.224 e. The van der Waals surface area contributed by atoms with Crippen LogP contribution in [0.3, 0.4) is 0 Å². The van der Waals surface area contributed by atoms with Crippen molar-refractivity contribution in [3.05, 3.63) is 58.8 Å². The van der Waals surface area contributed by atoms with E-state index in [0.29, 0.717) is 25.1 Å². The Labute approximate surface area is 182 Å². The zero-order chi connectivity index (χ0) is 22.0. The molecule has 0 bridgehead atoms. The van der Waals surface area contributed by atoms with Gasteiger partial charge in [-0.05, 0) is 62.6 Å². The van der Waals surface area contributed by atoms with Crippen molar-refractivity contribution in [2.24, 2.45) is 0 Å². The molecule has 1 aliphatic heterocycles. The highest BCUT2D eigenvalue weighted by molar-refractivity contribution is 5.94. The van der Waals surface area contributed by atoms with Gasteiger partial charge >= 0.3 is 0 Å². The van der Waals surface area contributed by atoms with E-state index in [0.717, 1.165) is 29.0 Å². The van der Waals surface area contributed by atoms with Gasteiger partial charge in [-0.1, -0.05) is 18.6 Å². The van der Waals surface area contributed by atoms with Crippen molar-refractivity contribution in [1.29, 1.82) is 0 Å². The molecule has 1 aromatic heterocycles. The number of fused-ring (bicyclic) bond motifs is 2. The van der Waals surface area contributed by atoms with Crippen molar-refractivity contribution in [3.63, 3.8) is 0 Å². The topological polar surface area (TPSA) is 83.7 Å². The van der Waals surface area contributed by atoms with Crippen molar-refractivity contribution in [3.8, 4) is 5.75 Å². The van der Waals surface area contributed by atoms with E-state index in [2.05, 4.69) is 43.5 Å². The van der Waals surface area contributed by atoms with Crippen LogP contribution in [0.15, 0.2) is 40.8 Å². The first-order valence-electron chi connectivity index (χ1n) is 10.9. The number of amides is 1. The molecule has 2 unspecified atom stereocenters. The van der Waals surface area contributed by atoms with E-state index in [4.69, 9.17) is 9.15 Å². The van der Waals surface area contributed by atoms with Crippen LogP contribution in [0, 0.1) is 6.92 Å². The summed E-state index contributed by atoms with van der Waals surface area (Å²) in [4.78, 5) is 11.5. The molecule has 0 saturated heterocycles. The maximum absolute atomic E-state index is 11.5. The third-order valence-electron chi connectivity index (χ3n) is 5.80. The number of aryl methyl sites for hydroxylation is 3. The van der Waals surface area contributed by atoms with Crippen LogP contribution >= 0.6 is 0 Å². The predicted molar refractivity (Wildman–Crippen MR) is 122 cm³/mol. The Bertz CT molecular complexity index is 1090. The van der Waals surface area contributed by atoms with Crippen molar-refractivity contribution >= 4 is 22.6 Å². The molecule has 2 heterocycles. The summed E-state index contributed by atoms with van der Waals surface area (Å²) in [7, 11) is 0. The Kier molecular flexibility index (Phi) is 6.30. The van der Waals surface area contributed by atoms with Gasteiger partial charge in [0, 0.05) is 29.6 Å². The van der Waals surface area contributed by atoms with Gasteiger partial charge in [0.1, 0.15) is 29.8 Å². The number of aliphatic hydroxyl groups excluding tert-OH is 1. The first kappa shape index (κ1) is 21.4. The van der Waals surface area contributed by atoms with Gasteiger partial charge in [-0.3, -0.25) is 4.79 Å². The van der Waals surface area contributed by atoms with E-state index in [9.17, 15) is 9.90 Å². The van der Waals surface area contributed by atoms with Crippen LogP contribution < -0.4 is 15.4 Å². The normalized spacial score (nSPS) is 15.4. The summed E-state index contributed by atoms with van der Waals surface area (Å²) in [6.45, 7) is 6.85. The molecule has 0 spiro atoms. The fourth-order valence-electron chi connectivity index (χ4n) is 4.10. The summed E-state index contributed by atoms with van der Waals surface area (Å²) in [5, 5.41) is 17.8. The van der Waals surface area contributed by atoms with Crippen LogP contribution in [0.25, 0.3) is 11.0 Å².